The number of anilines is 1. The Morgan fingerprint density at radius 3 is 2.32 bits per heavy atom. The summed E-state index contributed by atoms with van der Waals surface area (Å²) in [5.41, 5.74) is -1.22. The SMILES string of the molecule is O=C(Nc1cccc(C(F)(F)F)c1-c1ccccn1)c1cccc(-c2ncccc2C(F)F)c1. The number of amides is 1. The van der Waals surface area contributed by atoms with Crippen molar-refractivity contribution in [2.75, 3.05) is 5.32 Å². The molecule has 1 amide bonds. The summed E-state index contributed by atoms with van der Waals surface area (Å²) in [5, 5.41) is 2.51. The van der Waals surface area contributed by atoms with E-state index in [4.69, 9.17) is 0 Å². The first-order valence-electron chi connectivity index (χ1n) is 10.0. The van der Waals surface area contributed by atoms with Crippen LogP contribution in [0.4, 0.5) is 27.6 Å². The van der Waals surface area contributed by atoms with Crippen molar-refractivity contribution in [1.29, 1.82) is 0 Å². The second-order valence-corrected chi connectivity index (χ2v) is 7.22. The fourth-order valence-corrected chi connectivity index (χ4v) is 3.52. The molecule has 0 spiro atoms. The number of nitrogens with zero attached hydrogens (tertiary/aromatic N) is 2. The summed E-state index contributed by atoms with van der Waals surface area (Å²) >= 11 is 0. The van der Waals surface area contributed by atoms with Crippen LogP contribution < -0.4 is 5.32 Å². The van der Waals surface area contributed by atoms with Crippen molar-refractivity contribution in [1.82, 2.24) is 9.97 Å². The third-order valence-corrected chi connectivity index (χ3v) is 5.01. The molecule has 0 aliphatic carbocycles. The van der Waals surface area contributed by atoms with Crippen LogP contribution in [0, 0.1) is 0 Å². The zero-order valence-electron chi connectivity index (χ0n) is 17.4. The molecule has 0 fully saturated rings. The van der Waals surface area contributed by atoms with E-state index in [1.165, 1.54) is 73.1 Å². The lowest BCUT2D eigenvalue weighted by Gasteiger charge is -2.17. The molecule has 0 aliphatic rings. The van der Waals surface area contributed by atoms with Crippen LogP contribution >= 0.6 is 0 Å². The highest BCUT2D eigenvalue weighted by Crippen LogP contribution is 2.40. The molecule has 0 saturated heterocycles. The minimum Gasteiger partial charge on any atom is -0.321 e. The number of hydrogen-bond donors (Lipinski definition) is 1. The molecule has 0 radical (unpaired) electrons. The van der Waals surface area contributed by atoms with E-state index < -0.39 is 24.1 Å². The second-order valence-electron chi connectivity index (χ2n) is 7.22. The number of alkyl halides is 5. The molecule has 0 unspecified atom stereocenters. The molecule has 4 aromatic rings. The molecule has 2 heterocycles. The molecule has 9 heteroatoms. The maximum absolute atomic E-state index is 13.7. The molecule has 2 aromatic heterocycles. The number of benzene rings is 2. The summed E-state index contributed by atoms with van der Waals surface area (Å²) in [5.74, 6) is -0.715. The third-order valence-electron chi connectivity index (χ3n) is 5.01. The van der Waals surface area contributed by atoms with Crippen LogP contribution in [-0.2, 0) is 6.18 Å². The predicted octanol–water partition coefficient (Wildman–Crippen LogP) is 7.02. The number of carbonyl (C=O) groups is 1. The predicted molar refractivity (Wildman–Crippen MR) is 117 cm³/mol. The fourth-order valence-electron chi connectivity index (χ4n) is 3.52. The van der Waals surface area contributed by atoms with Gasteiger partial charge in [-0.25, -0.2) is 8.78 Å². The topological polar surface area (TPSA) is 54.9 Å². The van der Waals surface area contributed by atoms with Crippen LogP contribution in [0.2, 0.25) is 0 Å². The minimum atomic E-state index is -4.68. The van der Waals surface area contributed by atoms with Gasteiger partial charge in [0, 0.05) is 34.6 Å². The number of pyridine rings is 2. The van der Waals surface area contributed by atoms with E-state index in [1.807, 2.05) is 0 Å². The van der Waals surface area contributed by atoms with Gasteiger partial charge in [0.25, 0.3) is 12.3 Å². The average molecular weight is 469 g/mol. The van der Waals surface area contributed by atoms with Gasteiger partial charge in [-0.1, -0.05) is 24.3 Å². The smallest absolute Gasteiger partial charge is 0.321 e. The van der Waals surface area contributed by atoms with Crippen LogP contribution in [0.3, 0.4) is 0 Å². The quantitative estimate of drug-likeness (QED) is 0.320. The number of rotatable bonds is 5. The molecular weight excluding hydrogens is 453 g/mol. The van der Waals surface area contributed by atoms with Gasteiger partial charge < -0.3 is 5.32 Å². The Morgan fingerprint density at radius 2 is 1.62 bits per heavy atom. The van der Waals surface area contributed by atoms with Gasteiger partial charge in [0.15, 0.2) is 0 Å². The Balaban J connectivity index is 1.73. The summed E-state index contributed by atoms with van der Waals surface area (Å²) in [7, 11) is 0. The highest BCUT2D eigenvalue weighted by molar-refractivity contribution is 6.07. The number of carbonyl (C=O) groups excluding carboxylic acids is 1. The van der Waals surface area contributed by atoms with Crippen LogP contribution in [-0.4, -0.2) is 15.9 Å². The van der Waals surface area contributed by atoms with E-state index in [2.05, 4.69) is 15.3 Å². The van der Waals surface area contributed by atoms with E-state index in [-0.39, 0.29) is 39.3 Å². The summed E-state index contributed by atoms with van der Waals surface area (Å²) in [4.78, 5) is 21.0. The average Bonchev–Trinajstić information content (AvgIpc) is 2.84. The van der Waals surface area contributed by atoms with Gasteiger partial charge in [0.1, 0.15) is 0 Å². The van der Waals surface area contributed by atoms with E-state index in [1.54, 1.807) is 6.07 Å². The molecule has 0 bridgehead atoms. The Bertz CT molecular complexity index is 1320. The van der Waals surface area contributed by atoms with E-state index in [0.717, 1.165) is 6.07 Å². The first-order valence-corrected chi connectivity index (χ1v) is 10.0. The Labute approximate surface area is 191 Å². The Morgan fingerprint density at radius 1 is 0.853 bits per heavy atom. The van der Waals surface area contributed by atoms with Crippen LogP contribution in [0.15, 0.2) is 85.2 Å². The first-order chi connectivity index (χ1) is 16.3. The van der Waals surface area contributed by atoms with Crippen molar-refractivity contribution in [2.24, 2.45) is 0 Å². The van der Waals surface area contributed by atoms with Crippen molar-refractivity contribution in [3.05, 3.63) is 102 Å². The van der Waals surface area contributed by atoms with Crippen LogP contribution in [0.25, 0.3) is 22.5 Å². The summed E-state index contributed by atoms with van der Waals surface area (Å²) in [6, 6.07) is 16.4. The lowest BCUT2D eigenvalue weighted by atomic mass is 10.00. The van der Waals surface area contributed by atoms with E-state index in [0.29, 0.717) is 0 Å². The van der Waals surface area contributed by atoms with Crippen molar-refractivity contribution < 1.29 is 26.7 Å². The van der Waals surface area contributed by atoms with Crippen molar-refractivity contribution in [3.63, 3.8) is 0 Å². The van der Waals surface area contributed by atoms with Gasteiger partial charge in [-0.15, -0.1) is 0 Å². The number of hydrogen-bond acceptors (Lipinski definition) is 3. The molecule has 1 N–H and O–H groups in total. The number of halogens is 5. The van der Waals surface area contributed by atoms with Gasteiger partial charge in [-0.3, -0.25) is 14.8 Å². The summed E-state index contributed by atoms with van der Waals surface area (Å²) in [6.07, 6.45) is -4.74. The third kappa shape index (κ3) is 4.78. The highest BCUT2D eigenvalue weighted by atomic mass is 19.4. The van der Waals surface area contributed by atoms with Gasteiger partial charge >= 0.3 is 6.18 Å². The van der Waals surface area contributed by atoms with Crippen molar-refractivity contribution >= 4 is 11.6 Å². The minimum absolute atomic E-state index is 0.0143. The van der Waals surface area contributed by atoms with Gasteiger partial charge in [-0.05, 0) is 48.5 Å². The molecule has 0 atom stereocenters. The van der Waals surface area contributed by atoms with Crippen molar-refractivity contribution in [2.45, 2.75) is 12.6 Å². The Hall–Kier alpha value is -4.14. The number of aromatic nitrogens is 2. The molecule has 172 valence electrons. The zero-order valence-corrected chi connectivity index (χ0v) is 17.4. The van der Waals surface area contributed by atoms with Crippen LogP contribution in [0.5, 0.6) is 0 Å². The normalized spacial score (nSPS) is 11.5. The first kappa shape index (κ1) is 23.0. The standard InChI is InChI=1S/C25H16F5N3O/c26-23(27)17-8-5-13-32-22(17)15-6-3-7-16(14-15)24(34)33-20-11-4-9-18(25(28,29)30)21(20)19-10-1-2-12-31-19/h1-14,23H,(H,33,34). The largest absolute Gasteiger partial charge is 0.417 e. The van der Waals surface area contributed by atoms with Crippen molar-refractivity contribution in [3.8, 4) is 22.5 Å². The van der Waals surface area contributed by atoms with Gasteiger partial charge in [0.05, 0.1) is 22.6 Å². The monoisotopic (exact) mass is 469 g/mol. The highest BCUT2D eigenvalue weighted by Gasteiger charge is 2.35. The number of nitrogens with one attached hydrogen (secondary N) is 1. The molecule has 34 heavy (non-hydrogen) atoms. The molecule has 4 nitrogen and oxygen atoms in total. The fraction of sp³-hybridized carbons (Fsp3) is 0.0800. The molecule has 0 aliphatic heterocycles. The molecule has 0 saturated carbocycles. The lowest BCUT2D eigenvalue weighted by molar-refractivity contribution is -0.137. The lowest BCUT2D eigenvalue weighted by Crippen LogP contribution is -2.15. The van der Waals surface area contributed by atoms with Gasteiger partial charge in [-0.2, -0.15) is 13.2 Å². The second kappa shape index (κ2) is 9.38. The summed E-state index contributed by atoms with van der Waals surface area (Å²) < 4.78 is 67.9. The maximum atomic E-state index is 13.7. The molecule has 4 rings (SSSR count). The Kier molecular flexibility index (Phi) is 6.36. The van der Waals surface area contributed by atoms with E-state index in [9.17, 15) is 26.7 Å². The zero-order chi connectivity index (χ0) is 24.3. The maximum Gasteiger partial charge on any atom is 0.417 e. The van der Waals surface area contributed by atoms with Crippen LogP contribution in [0.1, 0.15) is 27.9 Å². The molecular formula is C25H16F5N3O. The van der Waals surface area contributed by atoms with E-state index >= 15 is 0 Å². The van der Waals surface area contributed by atoms with Gasteiger partial charge in [0.2, 0.25) is 0 Å². The summed E-state index contributed by atoms with van der Waals surface area (Å²) in [6.45, 7) is 0. The molecule has 2 aromatic carbocycles.